The van der Waals surface area contributed by atoms with Gasteiger partial charge in [0.2, 0.25) is 0 Å². The van der Waals surface area contributed by atoms with Crippen LogP contribution in [0.5, 0.6) is 0 Å². The van der Waals surface area contributed by atoms with Gasteiger partial charge in [0.25, 0.3) is 0 Å². The number of rotatable bonds is 0. The van der Waals surface area contributed by atoms with Crippen molar-refractivity contribution in [3.05, 3.63) is 0 Å². The summed E-state index contributed by atoms with van der Waals surface area (Å²) >= 11 is 0. The second kappa shape index (κ2) is 31.7. The van der Waals surface area contributed by atoms with Crippen LogP contribution in [0.4, 0.5) is 0 Å². The molecule has 74 valence electrons. The van der Waals surface area contributed by atoms with Gasteiger partial charge < -0.3 is 28.9 Å². The molecule has 13 heteroatoms. The van der Waals surface area contributed by atoms with E-state index in [9.17, 15) is 0 Å². The molecule has 0 saturated carbocycles. The van der Waals surface area contributed by atoms with Gasteiger partial charge in [-0.2, -0.15) is 0 Å². The molecule has 0 atom stereocenters. The Morgan fingerprint density at radius 1 is 1.19 bits per heavy atom. The molecule has 0 amide bonds. The number of carbonyl (C=O) groups excluding carboxylic acids is 2. The van der Waals surface area contributed by atoms with Crippen molar-refractivity contribution in [2.45, 2.75) is 6.92 Å². The van der Waals surface area contributed by atoms with Gasteiger partial charge in [0.05, 0.1) is 0 Å². The van der Waals surface area contributed by atoms with Crippen LogP contribution in [-0.2, 0) is 20.0 Å². The van der Waals surface area contributed by atoms with Gasteiger partial charge in [-0.15, -0.1) is 0 Å². The van der Waals surface area contributed by atoms with Crippen molar-refractivity contribution in [1.29, 1.82) is 0 Å². The van der Waals surface area contributed by atoms with Gasteiger partial charge in [0.15, 0.2) is 0 Å². The molecular weight excluding hydrogens is 414 g/mol. The molecule has 0 spiro atoms. The van der Waals surface area contributed by atoms with Gasteiger partial charge in [-0.1, -0.05) is 0 Å². The zero-order valence-corrected chi connectivity index (χ0v) is 24.0. The summed E-state index contributed by atoms with van der Waals surface area (Å²) in [5, 5.41) is 17.1. The smallest absolute Gasteiger partial charge is 0.759 e. The van der Waals surface area contributed by atoms with Gasteiger partial charge in [-0.25, -0.2) is 0 Å². The van der Waals surface area contributed by atoms with Crippen LogP contribution < -0.4 is 190 Å². The summed E-state index contributed by atoms with van der Waals surface area (Å²) in [6, 6.07) is 0. The molecule has 0 radical (unpaired) electrons. The molecule has 8 nitrogen and oxygen atoms in total. The minimum Gasteiger partial charge on any atom is -0.759 e. The van der Waals surface area contributed by atoms with Crippen LogP contribution >= 0.6 is 0 Å². The number of hydrogen-bond donors (Lipinski definition) is 0. The zero-order chi connectivity index (χ0) is 10.8. The molecule has 0 N–H and O–H groups in total. The zero-order valence-electron chi connectivity index (χ0n) is 9.75. The molecule has 0 fully saturated rings. The molecule has 0 aliphatic rings. The Bertz CT molecular complexity index is 209. The number of carbonyl (C=O) groups is 2. The fraction of sp³-hybridized carbons (Fsp3) is 0.333. The first-order valence-electron chi connectivity index (χ1n) is 2.05. The minimum atomic E-state index is -5.17. The molecule has 0 aliphatic heterocycles. The van der Waals surface area contributed by atoms with E-state index in [2.05, 4.69) is 0 Å². The molecule has 0 aromatic heterocycles. The molecule has 0 saturated heterocycles. The van der Waals surface area contributed by atoms with Gasteiger partial charge in [0.1, 0.15) is 0 Å². The molecule has 0 rings (SSSR count). The van der Waals surface area contributed by atoms with Crippen molar-refractivity contribution >= 4 is 22.8 Å². The van der Waals surface area contributed by atoms with Crippen molar-refractivity contribution in [2.75, 3.05) is 0 Å². The van der Waals surface area contributed by atoms with E-state index in [1.54, 1.807) is 0 Å². The van der Waals surface area contributed by atoms with Crippen LogP contribution in [0.3, 0.4) is 0 Å². The summed E-state index contributed by atoms with van der Waals surface area (Å²) in [5.74, 6) is -1.08. The van der Waals surface area contributed by atoms with E-state index in [0.29, 0.717) is 0 Å². The van der Waals surface area contributed by atoms with E-state index in [-0.39, 0.29) is 179 Å². The van der Waals surface area contributed by atoms with Crippen LogP contribution in [0, 0.1) is 0 Å². The normalized spacial score (nSPS) is 5.94. The van der Waals surface area contributed by atoms with Gasteiger partial charge >= 0.3 is 179 Å². The summed E-state index contributed by atoms with van der Waals surface area (Å²) in [7, 11) is -5.17. The summed E-state index contributed by atoms with van der Waals surface area (Å²) in [4.78, 5) is 17.1. The average Bonchev–Trinajstić information content (AvgIpc) is 1.56. The van der Waals surface area contributed by atoms with Gasteiger partial charge in [-0.05, 0) is 6.92 Å². The Balaban J connectivity index is -0.0000000138. The number of hydrogen-bond acceptors (Lipinski definition) is 8. The van der Waals surface area contributed by atoms with Crippen molar-refractivity contribution < 1.29 is 217 Å². The molecule has 0 bridgehead atoms. The van der Waals surface area contributed by atoms with Crippen molar-refractivity contribution in [3.63, 3.8) is 0 Å². The van der Waals surface area contributed by atoms with E-state index in [1.165, 1.54) is 0 Å². The predicted octanol–water partition coefficient (Wildman–Crippen LogP) is -16.2. The first-order chi connectivity index (χ1) is 5.15. The first kappa shape index (κ1) is 42.8. The maximum absolute atomic E-state index is 8.89. The Kier molecular flexibility index (Phi) is 84.9. The SMILES string of the molecule is CC(=O)[O-].O=C[O-].O=S(=O)([O-])[O-].[Cs+].[K+].[Na+].[Na+]. The van der Waals surface area contributed by atoms with E-state index >= 15 is 0 Å². The maximum Gasteiger partial charge on any atom is 1.00 e. The second-order valence-electron chi connectivity index (χ2n) is 0.996. The fourth-order valence-corrected chi connectivity index (χ4v) is 0. The first-order valence-corrected chi connectivity index (χ1v) is 3.38. The Hall–Kier alpha value is 4.50. The Morgan fingerprint density at radius 3 is 1.19 bits per heavy atom. The van der Waals surface area contributed by atoms with Crippen LogP contribution in [0.15, 0.2) is 0 Å². The molecule has 0 heterocycles. The quantitative estimate of drug-likeness (QED) is 0.162. The molecule has 0 unspecified atom stereocenters. The third kappa shape index (κ3) is 280. The van der Waals surface area contributed by atoms with Crippen LogP contribution in [0.25, 0.3) is 0 Å². The number of carboxylic acid groups (broad SMARTS) is 2. The van der Waals surface area contributed by atoms with Crippen molar-refractivity contribution in [1.82, 2.24) is 0 Å². The van der Waals surface area contributed by atoms with E-state index < -0.39 is 22.8 Å². The van der Waals surface area contributed by atoms with Gasteiger partial charge in [-0.3, -0.25) is 8.42 Å². The maximum atomic E-state index is 8.89. The fourth-order valence-electron chi connectivity index (χ4n) is 0. The van der Waals surface area contributed by atoms with E-state index in [0.717, 1.165) is 6.92 Å². The molecule has 0 aliphatic carbocycles. The summed E-state index contributed by atoms with van der Waals surface area (Å²) in [6.07, 6.45) is 0. The second-order valence-corrected chi connectivity index (χ2v) is 1.81. The molecule has 16 heavy (non-hydrogen) atoms. The summed E-state index contributed by atoms with van der Waals surface area (Å²) in [6.45, 7) is 0.472. The topological polar surface area (TPSA) is 161 Å². The molecular formula is C3H4CsKNa2O8S. The summed E-state index contributed by atoms with van der Waals surface area (Å²) < 4.78 is 34.1. The predicted molar refractivity (Wildman–Crippen MR) is 27.2 cm³/mol. The van der Waals surface area contributed by atoms with Gasteiger partial charge in [0, 0.05) is 22.8 Å². The van der Waals surface area contributed by atoms with Crippen molar-refractivity contribution in [3.8, 4) is 0 Å². The van der Waals surface area contributed by atoms with E-state index in [4.69, 9.17) is 37.3 Å². The van der Waals surface area contributed by atoms with Crippen LogP contribution in [0.2, 0.25) is 0 Å². The minimum absolute atomic E-state index is 0. The Morgan fingerprint density at radius 2 is 1.19 bits per heavy atom. The number of aliphatic carboxylic acids is 1. The third-order valence-corrected chi connectivity index (χ3v) is 0. The largest absolute Gasteiger partial charge is 1.00 e. The molecule has 0 aromatic rings. The van der Waals surface area contributed by atoms with Crippen LogP contribution in [-0.4, -0.2) is 30.0 Å². The van der Waals surface area contributed by atoms with Crippen molar-refractivity contribution in [2.24, 2.45) is 0 Å². The molecule has 0 aromatic carbocycles. The standard InChI is InChI=1S/C2H4O2.CH2O2.Cs.K.2Na.H2O4S/c1-2(3)4;2-1-3;;;;;1-5(2,3)4/h1H3,(H,3,4);1H,(H,2,3);;;;;(H2,1,2,3,4)/q;;4*+1;/p-4. The monoisotopic (exact) mass is 418 g/mol. The van der Waals surface area contributed by atoms with E-state index in [1.807, 2.05) is 0 Å². The Labute approximate surface area is 239 Å². The van der Waals surface area contributed by atoms with Crippen LogP contribution in [0.1, 0.15) is 6.92 Å². The third-order valence-electron chi connectivity index (χ3n) is 0. The number of carboxylic acids is 1. The average molecular weight is 418 g/mol. The summed E-state index contributed by atoms with van der Waals surface area (Å²) in [5.41, 5.74) is 0.